The normalized spacial score (nSPS) is 12.4. The first-order valence-electron chi connectivity index (χ1n) is 5.99. The van der Waals surface area contributed by atoms with Gasteiger partial charge in [-0.15, -0.1) is 0 Å². The van der Waals surface area contributed by atoms with E-state index in [-0.39, 0.29) is 11.9 Å². The van der Waals surface area contributed by atoms with Crippen molar-refractivity contribution in [2.75, 3.05) is 0 Å². The van der Waals surface area contributed by atoms with Crippen molar-refractivity contribution < 1.29 is 4.39 Å². The molecule has 2 aromatic carbocycles. The maximum Gasteiger partial charge on any atom is 0.123 e. The van der Waals surface area contributed by atoms with Crippen LogP contribution in [0.15, 0.2) is 51.4 Å². The molecule has 0 saturated carbocycles. The van der Waals surface area contributed by atoms with Crippen LogP contribution in [-0.4, -0.2) is 6.04 Å². The van der Waals surface area contributed by atoms with Crippen molar-refractivity contribution in [3.8, 4) is 0 Å². The molecule has 0 saturated heterocycles. The highest BCUT2D eigenvalue weighted by Crippen LogP contribution is 2.22. The molecule has 4 heteroatoms. The number of nitrogens with two attached hydrogens (primary N) is 1. The standard InChI is InChI=1S/C15H14Br2FN/c16-14-4-2-1-3-10(14)8-13(19)9-11-7-12(18)5-6-15(11)17/h1-7,13H,8-9,19H2. The zero-order chi connectivity index (χ0) is 13.8. The fraction of sp³-hybridized carbons (Fsp3) is 0.200. The lowest BCUT2D eigenvalue weighted by Gasteiger charge is -2.14. The van der Waals surface area contributed by atoms with Gasteiger partial charge in [-0.2, -0.15) is 0 Å². The Morgan fingerprint density at radius 1 is 0.947 bits per heavy atom. The lowest BCUT2D eigenvalue weighted by molar-refractivity contribution is 0.617. The molecule has 0 spiro atoms. The van der Waals surface area contributed by atoms with Crippen molar-refractivity contribution in [3.63, 3.8) is 0 Å². The predicted octanol–water partition coefficient (Wildman–Crippen LogP) is 4.46. The summed E-state index contributed by atoms with van der Waals surface area (Å²) in [6, 6.07) is 12.7. The molecular weight excluding hydrogens is 373 g/mol. The summed E-state index contributed by atoms with van der Waals surface area (Å²) >= 11 is 6.94. The Kier molecular flexibility index (Phi) is 5.13. The lowest BCUT2D eigenvalue weighted by Crippen LogP contribution is -2.25. The van der Waals surface area contributed by atoms with Gasteiger partial charge in [0.25, 0.3) is 0 Å². The van der Waals surface area contributed by atoms with E-state index in [1.54, 1.807) is 6.07 Å². The average molecular weight is 387 g/mol. The summed E-state index contributed by atoms with van der Waals surface area (Å²) in [4.78, 5) is 0. The molecule has 2 rings (SSSR count). The molecule has 2 aromatic rings. The van der Waals surface area contributed by atoms with E-state index < -0.39 is 0 Å². The van der Waals surface area contributed by atoms with Gasteiger partial charge in [0.1, 0.15) is 5.82 Å². The molecule has 1 unspecified atom stereocenters. The fourth-order valence-electron chi connectivity index (χ4n) is 2.00. The van der Waals surface area contributed by atoms with Crippen LogP contribution >= 0.6 is 31.9 Å². The minimum Gasteiger partial charge on any atom is -0.327 e. The second-order valence-electron chi connectivity index (χ2n) is 4.50. The van der Waals surface area contributed by atoms with Gasteiger partial charge in [0.2, 0.25) is 0 Å². The van der Waals surface area contributed by atoms with Gasteiger partial charge in [-0.1, -0.05) is 50.1 Å². The molecule has 0 aliphatic heterocycles. The Balaban J connectivity index is 2.07. The maximum atomic E-state index is 13.2. The minimum absolute atomic E-state index is 0.0446. The SMILES string of the molecule is NC(Cc1ccccc1Br)Cc1cc(F)ccc1Br. The van der Waals surface area contributed by atoms with Crippen LogP contribution in [0.1, 0.15) is 11.1 Å². The Labute approximate surface area is 129 Å². The van der Waals surface area contributed by atoms with Gasteiger partial charge in [0.15, 0.2) is 0 Å². The van der Waals surface area contributed by atoms with Crippen LogP contribution in [0, 0.1) is 5.82 Å². The van der Waals surface area contributed by atoms with E-state index in [4.69, 9.17) is 5.73 Å². The Morgan fingerprint density at radius 2 is 1.58 bits per heavy atom. The van der Waals surface area contributed by atoms with E-state index in [1.165, 1.54) is 17.7 Å². The van der Waals surface area contributed by atoms with Gasteiger partial charge >= 0.3 is 0 Å². The molecule has 0 aliphatic rings. The van der Waals surface area contributed by atoms with Gasteiger partial charge in [-0.05, 0) is 48.2 Å². The van der Waals surface area contributed by atoms with Gasteiger partial charge in [-0.3, -0.25) is 0 Å². The van der Waals surface area contributed by atoms with Crippen molar-refractivity contribution in [3.05, 3.63) is 68.4 Å². The van der Waals surface area contributed by atoms with Crippen molar-refractivity contribution in [2.45, 2.75) is 18.9 Å². The van der Waals surface area contributed by atoms with E-state index in [0.29, 0.717) is 6.42 Å². The zero-order valence-corrected chi connectivity index (χ0v) is 13.4. The molecule has 19 heavy (non-hydrogen) atoms. The van der Waals surface area contributed by atoms with Crippen LogP contribution in [0.5, 0.6) is 0 Å². The number of halogens is 3. The summed E-state index contributed by atoms with van der Waals surface area (Å²) in [7, 11) is 0. The van der Waals surface area contributed by atoms with Gasteiger partial charge in [0, 0.05) is 15.0 Å². The summed E-state index contributed by atoms with van der Waals surface area (Å²) < 4.78 is 15.2. The largest absolute Gasteiger partial charge is 0.327 e. The first-order valence-corrected chi connectivity index (χ1v) is 7.58. The molecule has 0 fully saturated rings. The molecule has 0 radical (unpaired) electrons. The predicted molar refractivity (Wildman–Crippen MR) is 83.6 cm³/mol. The fourth-order valence-corrected chi connectivity index (χ4v) is 2.86. The molecule has 0 bridgehead atoms. The van der Waals surface area contributed by atoms with E-state index in [9.17, 15) is 4.39 Å². The minimum atomic E-state index is -0.230. The van der Waals surface area contributed by atoms with E-state index in [2.05, 4.69) is 31.9 Å². The zero-order valence-electron chi connectivity index (χ0n) is 10.2. The van der Waals surface area contributed by atoms with Gasteiger partial charge in [-0.25, -0.2) is 4.39 Å². The highest BCUT2D eigenvalue weighted by Gasteiger charge is 2.10. The van der Waals surface area contributed by atoms with E-state index in [1.807, 2.05) is 24.3 Å². The molecule has 0 amide bonds. The Hall–Kier alpha value is -0.710. The van der Waals surface area contributed by atoms with Crippen LogP contribution in [0.3, 0.4) is 0 Å². The quantitative estimate of drug-likeness (QED) is 0.824. The van der Waals surface area contributed by atoms with Crippen LogP contribution in [0.25, 0.3) is 0 Å². The van der Waals surface area contributed by atoms with E-state index in [0.717, 1.165) is 20.9 Å². The maximum absolute atomic E-state index is 13.2. The summed E-state index contributed by atoms with van der Waals surface area (Å²) in [5.41, 5.74) is 8.23. The summed E-state index contributed by atoms with van der Waals surface area (Å²) in [6.07, 6.45) is 1.39. The first-order chi connectivity index (χ1) is 9.06. The Bertz CT molecular complexity index is 572. The molecule has 0 aromatic heterocycles. The molecule has 1 atom stereocenters. The van der Waals surface area contributed by atoms with Crippen molar-refractivity contribution in [1.82, 2.24) is 0 Å². The van der Waals surface area contributed by atoms with Gasteiger partial charge < -0.3 is 5.73 Å². The molecule has 2 N–H and O–H groups in total. The Morgan fingerprint density at radius 3 is 2.32 bits per heavy atom. The number of rotatable bonds is 4. The first kappa shape index (κ1) is 14.7. The summed E-state index contributed by atoms with van der Waals surface area (Å²) in [5.74, 6) is -0.230. The van der Waals surface area contributed by atoms with E-state index >= 15 is 0 Å². The van der Waals surface area contributed by atoms with Gasteiger partial charge in [0.05, 0.1) is 0 Å². The third kappa shape index (κ3) is 4.13. The monoisotopic (exact) mass is 385 g/mol. The molecule has 1 nitrogen and oxygen atoms in total. The topological polar surface area (TPSA) is 26.0 Å². The molecular formula is C15H14Br2FN. The molecule has 0 heterocycles. The lowest BCUT2D eigenvalue weighted by atomic mass is 10.00. The number of hydrogen-bond acceptors (Lipinski definition) is 1. The van der Waals surface area contributed by atoms with Crippen molar-refractivity contribution >= 4 is 31.9 Å². The summed E-state index contributed by atoms with van der Waals surface area (Å²) in [5, 5.41) is 0. The highest BCUT2D eigenvalue weighted by atomic mass is 79.9. The van der Waals surface area contributed by atoms with Crippen LogP contribution in [-0.2, 0) is 12.8 Å². The van der Waals surface area contributed by atoms with Crippen molar-refractivity contribution in [2.24, 2.45) is 5.73 Å². The third-order valence-corrected chi connectivity index (χ3v) is 4.48. The smallest absolute Gasteiger partial charge is 0.123 e. The summed E-state index contributed by atoms with van der Waals surface area (Å²) in [6.45, 7) is 0. The highest BCUT2D eigenvalue weighted by molar-refractivity contribution is 9.10. The van der Waals surface area contributed by atoms with Crippen LogP contribution < -0.4 is 5.73 Å². The second-order valence-corrected chi connectivity index (χ2v) is 6.20. The number of hydrogen-bond donors (Lipinski definition) is 1. The van der Waals surface area contributed by atoms with Crippen LogP contribution in [0.2, 0.25) is 0 Å². The molecule has 100 valence electrons. The second kappa shape index (κ2) is 6.64. The average Bonchev–Trinajstić information content (AvgIpc) is 2.37. The van der Waals surface area contributed by atoms with Crippen molar-refractivity contribution in [1.29, 1.82) is 0 Å². The van der Waals surface area contributed by atoms with Crippen LogP contribution in [0.4, 0.5) is 4.39 Å². The number of benzene rings is 2. The molecule has 0 aliphatic carbocycles. The third-order valence-electron chi connectivity index (χ3n) is 2.93.